The third-order valence-electron chi connectivity index (χ3n) is 0.880. The van der Waals surface area contributed by atoms with Gasteiger partial charge < -0.3 is 9.84 Å². The summed E-state index contributed by atoms with van der Waals surface area (Å²) in [6, 6.07) is -0.335. The molecule has 0 amide bonds. The Morgan fingerprint density at radius 1 is 1.64 bits per heavy atom. The molecule has 0 aliphatic rings. The van der Waals surface area contributed by atoms with Crippen LogP contribution in [-0.4, -0.2) is 21.8 Å². The monoisotopic (exact) mass is 181 g/mol. The van der Waals surface area contributed by atoms with Gasteiger partial charge in [-0.3, -0.25) is 5.10 Å². The van der Waals surface area contributed by atoms with Crippen LogP contribution in [0.15, 0.2) is 0 Å². The maximum atomic E-state index is 10.3. The molecule has 0 atom stereocenters. The minimum Gasteiger partial charge on any atom is -0.845 e. The van der Waals surface area contributed by atoms with E-state index in [0.717, 1.165) is 6.42 Å². The van der Waals surface area contributed by atoms with E-state index >= 15 is 0 Å². The fraction of sp³-hybridized carbons (Fsp3) is 0.600. The van der Waals surface area contributed by atoms with Crippen molar-refractivity contribution in [3.05, 3.63) is 0 Å². The van der Waals surface area contributed by atoms with Gasteiger partial charge in [-0.15, -0.1) is 5.10 Å². The SMILES string of the molecule is CCCOc1n[nH]c([O-])n1.[K+]. The zero-order valence-electron chi connectivity index (χ0n) is 6.63. The first-order chi connectivity index (χ1) is 4.83. The van der Waals surface area contributed by atoms with E-state index < -0.39 is 6.01 Å². The number of aromatic nitrogens is 3. The minimum atomic E-state index is -0.467. The summed E-state index contributed by atoms with van der Waals surface area (Å²) in [4.78, 5) is 3.40. The minimum absolute atomic E-state index is 0. The smallest absolute Gasteiger partial charge is 0.845 e. The first-order valence-electron chi connectivity index (χ1n) is 3.05. The third-order valence-corrected chi connectivity index (χ3v) is 0.880. The Kier molecular flexibility index (Phi) is 6.16. The molecule has 0 aliphatic carbocycles. The Labute approximate surface area is 107 Å². The molecule has 0 saturated carbocycles. The molecule has 0 spiro atoms. The van der Waals surface area contributed by atoms with E-state index in [4.69, 9.17) is 4.74 Å². The molecule has 1 rings (SSSR count). The van der Waals surface area contributed by atoms with Crippen molar-refractivity contribution in [1.82, 2.24) is 15.2 Å². The van der Waals surface area contributed by atoms with Crippen LogP contribution in [0.1, 0.15) is 13.3 Å². The fourth-order valence-corrected chi connectivity index (χ4v) is 0.490. The fourth-order valence-electron chi connectivity index (χ4n) is 0.490. The average Bonchev–Trinajstić information content (AvgIpc) is 2.31. The Morgan fingerprint density at radius 2 is 2.36 bits per heavy atom. The summed E-state index contributed by atoms with van der Waals surface area (Å²) < 4.78 is 4.92. The Balaban J connectivity index is 0.000001000. The molecule has 1 heterocycles. The number of rotatable bonds is 3. The summed E-state index contributed by atoms with van der Waals surface area (Å²) in [5.41, 5.74) is 0. The van der Waals surface area contributed by atoms with Crippen LogP contribution < -0.4 is 61.2 Å². The number of aromatic amines is 1. The molecule has 5 nitrogen and oxygen atoms in total. The van der Waals surface area contributed by atoms with Crippen LogP contribution in [0.2, 0.25) is 0 Å². The van der Waals surface area contributed by atoms with Gasteiger partial charge in [0, 0.05) is 0 Å². The van der Waals surface area contributed by atoms with Crippen molar-refractivity contribution in [2.75, 3.05) is 6.61 Å². The van der Waals surface area contributed by atoms with E-state index in [1.165, 1.54) is 0 Å². The standard InChI is InChI=1S/C5H9N3O2.K/c1-2-3-10-5-6-4(9)7-8-5;/h2-3H2,1H3,(H2,6,7,8,9);/q;+1/p-1. The molecule has 1 aromatic rings. The molecule has 1 N–H and O–H groups in total. The molecule has 0 aliphatic heterocycles. The molecular formula is C5H8KN3O2. The summed E-state index contributed by atoms with van der Waals surface area (Å²) >= 11 is 0. The molecule has 6 heteroatoms. The van der Waals surface area contributed by atoms with Crippen LogP contribution in [0.4, 0.5) is 0 Å². The van der Waals surface area contributed by atoms with Crippen molar-refractivity contribution in [1.29, 1.82) is 0 Å². The summed E-state index contributed by atoms with van der Waals surface area (Å²) in [5, 5.41) is 16.0. The molecule has 0 saturated heterocycles. The van der Waals surface area contributed by atoms with Gasteiger partial charge in [0.05, 0.1) is 12.6 Å². The Hall–Kier alpha value is 0.376. The van der Waals surface area contributed by atoms with Crippen LogP contribution in [0.3, 0.4) is 0 Å². The Bertz CT molecular complexity index is 203. The van der Waals surface area contributed by atoms with Gasteiger partial charge in [-0.2, -0.15) is 4.98 Å². The van der Waals surface area contributed by atoms with Crippen molar-refractivity contribution in [3.63, 3.8) is 0 Å². The largest absolute Gasteiger partial charge is 1.00 e. The second-order valence-electron chi connectivity index (χ2n) is 1.77. The van der Waals surface area contributed by atoms with E-state index in [2.05, 4.69) is 15.2 Å². The zero-order chi connectivity index (χ0) is 7.40. The van der Waals surface area contributed by atoms with Crippen molar-refractivity contribution >= 4 is 0 Å². The maximum Gasteiger partial charge on any atom is 1.00 e. The number of ether oxygens (including phenoxy) is 1. The van der Waals surface area contributed by atoms with Gasteiger partial charge in [0.2, 0.25) is 0 Å². The van der Waals surface area contributed by atoms with Gasteiger partial charge >= 0.3 is 57.4 Å². The van der Waals surface area contributed by atoms with Gasteiger partial charge in [-0.05, 0) is 6.42 Å². The topological polar surface area (TPSA) is 73.9 Å². The quantitative estimate of drug-likeness (QED) is 0.495. The van der Waals surface area contributed by atoms with E-state index in [-0.39, 0.29) is 57.4 Å². The van der Waals surface area contributed by atoms with Crippen LogP contribution in [0.5, 0.6) is 12.0 Å². The normalized spacial score (nSPS) is 8.82. The van der Waals surface area contributed by atoms with Gasteiger partial charge in [-0.25, -0.2) is 0 Å². The second-order valence-corrected chi connectivity index (χ2v) is 1.77. The van der Waals surface area contributed by atoms with Crippen LogP contribution in [-0.2, 0) is 0 Å². The van der Waals surface area contributed by atoms with E-state index in [0.29, 0.717) is 6.61 Å². The summed E-state index contributed by atoms with van der Waals surface area (Å²) in [5.74, 6) is 0. The number of hydrogen-bond acceptors (Lipinski definition) is 4. The zero-order valence-corrected chi connectivity index (χ0v) is 9.75. The molecule has 0 aromatic carbocycles. The molecule has 0 bridgehead atoms. The van der Waals surface area contributed by atoms with Crippen molar-refractivity contribution in [2.24, 2.45) is 0 Å². The predicted octanol–water partition coefficient (Wildman–Crippen LogP) is -3.33. The van der Waals surface area contributed by atoms with Gasteiger partial charge in [0.25, 0.3) is 0 Å². The molecule has 1 aromatic heterocycles. The molecular weight excluding hydrogens is 173 g/mol. The van der Waals surface area contributed by atoms with Crippen molar-refractivity contribution < 1.29 is 61.2 Å². The first-order valence-corrected chi connectivity index (χ1v) is 3.05. The first kappa shape index (κ1) is 11.4. The second kappa shape index (κ2) is 5.96. The average molecular weight is 181 g/mol. The molecule has 56 valence electrons. The molecule has 0 radical (unpaired) electrons. The molecule has 0 fully saturated rings. The number of nitrogens with one attached hydrogen (secondary N) is 1. The number of nitrogens with zero attached hydrogens (tertiary/aromatic N) is 2. The van der Waals surface area contributed by atoms with Crippen LogP contribution in [0, 0.1) is 0 Å². The van der Waals surface area contributed by atoms with Gasteiger partial charge in [0.15, 0.2) is 0 Å². The van der Waals surface area contributed by atoms with Crippen molar-refractivity contribution in [2.45, 2.75) is 13.3 Å². The molecule has 0 unspecified atom stereocenters. The van der Waals surface area contributed by atoms with Crippen LogP contribution >= 0.6 is 0 Å². The van der Waals surface area contributed by atoms with Crippen molar-refractivity contribution in [3.8, 4) is 12.0 Å². The summed E-state index contributed by atoms with van der Waals surface area (Å²) in [7, 11) is 0. The van der Waals surface area contributed by atoms with E-state index in [1.807, 2.05) is 6.92 Å². The maximum absolute atomic E-state index is 10.3. The number of H-pyrrole nitrogens is 1. The van der Waals surface area contributed by atoms with Crippen LogP contribution in [0.25, 0.3) is 0 Å². The predicted molar refractivity (Wildman–Crippen MR) is 31.6 cm³/mol. The Morgan fingerprint density at radius 3 is 2.82 bits per heavy atom. The van der Waals surface area contributed by atoms with E-state index in [1.54, 1.807) is 0 Å². The third kappa shape index (κ3) is 4.07. The number of hydrogen-bond donors (Lipinski definition) is 1. The summed E-state index contributed by atoms with van der Waals surface area (Å²) in [6.45, 7) is 2.50. The summed E-state index contributed by atoms with van der Waals surface area (Å²) in [6.07, 6.45) is 0.878. The van der Waals surface area contributed by atoms with Gasteiger partial charge in [0.1, 0.15) is 0 Å². The van der Waals surface area contributed by atoms with Gasteiger partial charge in [-0.1, -0.05) is 6.92 Å². The van der Waals surface area contributed by atoms with E-state index in [9.17, 15) is 5.11 Å². The molecule has 11 heavy (non-hydrogen) atoms.